The van der Waals surface area contributed by atoms with E-state index in [2.05, 4.69) is 30.1 Å². The number of rotatable bonds is 5. The Balaban J connectivity index is 1.39. The van der Waals surface area contributed by atoms with Crippen LogP contribution in [-0.4, -0.2) is 23.2 Å². The van der Waals surface area contributed by atoms with E-state index in [1.807, 2.05) is 42.2 Å². The predicted molar refractivity (Wildman–Crippen MR) is 115 cm³/mol. The van der Waals surface area contributed by atoms with Gasteiger partial charge < -0.3 is 9.32 Å². The minimum Gasteiger partial charge on any atom is -0.441 e. The van der Waals surface area contributed by atoms with Crippen LogP contribution in [0.5, 0.6) is 0 Å². The molecule has 3 aromatic rings. The molecule has 0 radical (unpaired) electrons. The lowest BCUT2D eigenvalue weighted by molar-refractivity contribution is -0.116. The van der Waals surface area contributed by atoms with Gasteiger partial charge in [-0.15, -0.1) is 11.8 Å². The van der Waals surface area contributed by atoms with Gasteiger partial charge in [0.25, 0.3) is 0 Å². The van der Waals surface area contributed by atoms with Gasteiger partial charge in [-0.05, 0) is 50.5 Å². The van der Waals surface area contributed by atoms with E-state index in [4.69, 9.17) is 4.42 Å². The highest BCUT2D eigenvalue weighted by atomic mass is 32.2. The minimum absolute atomic E-state index is 0.164. The van der Waals surface area contributed by atoms with Gasteiger partial charge in [0.15, 0.2) is 0 Å². The van der Waals surface area contributed by atoms with Crippen LogP contribution in [0.3, 0.4) is 0 Å². The Bertz CT molecular complexity index is 996. The molecule has 0 aliphatic carbocycles. The molecule has 28 heavy (non-hydrogen) atoms. The van der Waals surface area contributed by atoms with Crippen molar-refractivity contribution >= 4 is 23.4 Å². The van der Waals surface area contributed by atoms with Gasteiger partial charge in [-0.3, -0.25) is 4.79 Å². The normalized spacial score (nSPS) is 13.4. The summed E-state index contributed by atoms with van der Waals surface area (Å²) in [6, 6.07) is 16.4. The fraction of sp³-hybridized carbons (Fsp3) is 0.304. The topological polar surface area (TPSA) is 46.3 Å². The molecule has 1 aliphatic heterocycles. The Labute approximate surface area is 170 Å². The number of aryl methyl sites for hydroxylation is 3. The van der Waals surface area contributed by atoms with Crippen molar-refractivity contribution in [3.8, 4) is 11.5 Å². The SMILES string of the molecule is Cc1cccc(-c2nc(CSCC(=O)N3CCCc4ccccc43)c(C)o2)c1. The van der Waals surface area contributed by atoms with Crippen LogP contribution in [0, 0.1) is 13.8 Å². The molecule has 0 bridgehead atoms. The second kappa shape index (κ2) is 8.23. The van der Waals surface area contributed by atoms with Gasteiger partial charge in [0.1, 0.15) is 5.76 Å². The number of anilines is 1. The maximum Gasteiger partial charge on any atom is 0.236 e. The molecule has 5 heteroatoms. The Morgan fingerprint density at radius 1 is 1.18 bits per heavy atom. The Morgan fingerprint density at radius 3 is 2.89 bits per heavy atom. The van der Waals surface area contributed by atoms with Gasteiger partial charge in [0.05, 0.1) is 11.4 Å². The average molecular weight is 393 g/mol. The molecule has 2 heterocycles. The zero-order chi connectivity index (χ0) is 19.5. The smallest absolute Gasteiger partial charge is 0.236 e. The zero-order valence-corrected chi connectivity index (χ0v) is 17.1. The number of benzene rings is 2. The van der Waals surface area contributed by atoms with Crippen molar-refractivity contribution in [3.05, 3.63) is 71.1 Å². The third kappa shape index (κ3) is 3.99. The molecular formula is C23H24N2O2S. The molecule has 1 amide bonds. The first-order valence-corrected chi connectivity index (χ1v) is 10.8. The molecule has 0 atom stereocenters. The molecule has 1 aliphatic rings. The molecule has 2 aromatic carbocycles. The summed E-state index contributed by atoms with van der Waals surface area (Å²) in [5, 5.41) is 0. The summed E-state index contributed by atoms with van der Waals surface area (Å²) in [5.41, 5.74) is 5.41. The number of oxazole rings is 1. The van der Waals surface area contributed by atoms with E-state index in [9.17, 15) is 4.79 Å². The fourth-order valence-electron chi connectivity index (χ4n) is 3.57. The summed E-state index contributed by atoms with van der Waals surface area (Å²) >= 11 is 1.59. The molecule has 0 N–H and O–H groups in total. The summed E-state index contributed by atoms with van der Waals surface area (Å²) in [7, 11) is 0. The second-order valence-electron chi connectivity index (χ2n) is 7.16. The van der Waals surface area contributed by atoms with E-state index in [-0.39, 0.29) is 5.91 Å². The molecule has 0 unspecified atom stereocenters. The number of carbonyl (C=O) groups is 1. The summed E-state index contributed by atoms with van der Waals surface area (Å²) in [6.07, 6.45) is 2.07. The van der Waals surface area contributed by atoms with E-state index in [1.165, 1.54) is 11.1 Å². The van der Waals surface area contributed by atoms with Gasteiger partial charge >= 0.3 is 0 Å². The summed E-state index contributed by atoms with van der Waals surface area (Å²) in [5.74, 6) is 2.74. The first kappa shape index (κ1) is 18.8. The van der Waals surface area contributed by atoms with Gasteiger partial charge in [0, 0.05) is 23.5 Å². The van der Waals surface area contributed by atoms with E-state index < -0.39 is 0 Å². The van der Waals surface area contributed by atoms with Crippen LogP contribution in [0.25, 0.3) is 11.5 Å². The van der Waals surface area contributed by atoms with Crippen molar-refractivity contribution in [2.75, 3.05) is 17.2 Å². The molecule has 0 spiro atoms. The zero-order valence-electron chi connectivity index (χ0n) is 16.3. The van der Waals surface area contributed by atoms with Crippen LogP contribution >= 0.6 is 11.8 Å². The fourth-order valence-corrected chi connectivity index (χ4v) is 4.46. The van der Waals surface area contributed by atoms with Crippen LogP contribution in [-0.2, 0) is 17.0 Å². The first-order chi connectivity index (χ1) is 13.6. The number of hydrogen-bond acceptors (Lipinski definition) is 4. The van der Waals surface area contributed by atoms with Gasteiger partial charge in [-0.25, -0.2) is 4.98 Å². The number of thioether (sulfide) groups is 1. The lowest BCUT2D eigenvalue weighted by Gasteiger charge is -2.29. The van der Waals surface area contributed by atoms with Crippen molar-refractivity contribution in [2.24, 2.45) is 0 Å². The van der Waals surface area contributed by atoms with Crippen molar-refractivity contribution < 1.29 is 9.21 Å². The standard InChI is InChI=1S/C23H24N2O2S/c1-16-7-5-9-19(13-16)23-24-20(17(2)27-23)14-28-15-22(26)25-12-6-10-18-8-3-4-11-21(18)25/h3-5,7-9,11,13H,6,10,12,14-15H2,1-2H3. The minimum atomic E-state index is 0.164. The van der Waals surface area contributed by atoms with Gasteiger partial charge in [-0.2, -0.15) is 0 Å². The van der Waals surface area contributed by atoms with Crippen LogP contribution in [0.1, 0.15) is 29.0 Å². The molecule has 0 fully saturated rings. The van der Waals surface area contributed by atoms with Crippen LogP contribution in [0.15, 0.2) is 52.9 Å². The summed E-state index contributed by atoms with van der Waals surface area (Å²) in [4.78, 5) is 19.3. The molecule has 4 nitrogen and oxygen atoms in total. The molecule has 4 rings (SSSR count). The average Bonchev–Trinajstić information content (AvgIpc) is 3.08. The van der Waals surface area contributed by atoms with Crippen LogP contribution in [0.2, 0.25) is 0 Å². The highest BCUT2D eigenvalue weighted by molar-refractivity contribution is 7.99. The Hall–Kier alpha value is -2.53. The monoisotopic (exact) mass is 392 g/mol. The molecule has 1 aromatic heterocycles. The van der Waals surface area contributed by atoms with Crippen molar-refractivity contribution in [1.29, 1.82) is 0 Å². The number of nitrogens with zero attached hydrogens (tertiary/aromatic N) is 2. The maximum absolute atomic E-state index is 12.8. The number of hydrogen-bond donors (Lipinski definition) is 0. The highest BCUT2D eigenvalue weighted by Gasteiger charge is 2.22. The number of carbonyl (C=O) groups excluding carboxylic acids is 1. The quantitative estimate of drug-likeness (QED) is 0.601. The molecular weight excluding hydrogens is 368 g/mol. The molecule has 144 valence electrons. The Kier molecular flexibility index (Phi) is 5.53. The lowest BCUT2D eigenvalue weighted by atomic mass is 10.0. The van der Waals surface area contributed by atoms with Gasteiger partial charge in [0.2, 0.25) is 11.8 Å². The highest BCUT2D eigenvalue weighted by Crippen LogP contribution is 2.28. The first-order valence-electron chi connectivity index (χ1n) is 9.61. The third-order valence-electron chi connectivity index (χ3n) is 5.03. The number of fused-ring (bicyclic) bond motifs is 1. The van der Waals surface area contributed by atoms with E-state index in [0.717, 1.165) is 42.1 Å². The second-order valence-corrected chi connectivity index (χ2v) is 8.15. The van der Waals surface area contributed by atoms with Crippen molar-refractivity contribution in [1.82, 2.24) is 4.98 Å². The number of aromatic nitrogens is 1. The molecule has 0 saturated carbocycles. The predicted octanol–water partition coefficient (Wildman–Crippen LogP) is 5.17. The summed E-state index contributed by atoms with van der Waals surface area (Å²) < 4.78 is 5.86. The van der Waals surface area contributed by atoms with E-state index in [1.54, 1.807) is 11.8 Å². The number of para-hydroxylation sites is 1. The third-order valence-corrected chi connectivity index (χ3v) is 5.96. The van der Waals surface area contributed by atoms with Crippen LogP contribution < -0.4 is 4.90 Å². The van der Waals surface area contributed by atoms with Crippen LogP contribution in [0.4, 0.5) is 5.69 Å². The van der Waals surface area contributed by atoms with Crippen molar-refractivity contribution in [2.45, 2.75) is 32.4 Å². The van der Waals surface area contributed by atoms with Gasteiger partial charge in [-0.1, -0.05) is 35.9 Å². The van der Waals surface area contributed by atoms with E-state index in [0.29, 0.717) is 17.4 Å². The Morgan fingerprint density at radius 2 is 2.04 bits per heavy atom. The lowest BCUT2D eigenvalue weighted by Crippen LogP contribution is -2.36. The largest absolute Gasteiger partial charge is 0.441 e. The summed E-state index contributed by atoms with van der Waals surface area (Å²) in [6.45, 7) is 4.79. The number of amides is 1. The van der Waals surface area contributed by atoms with Crippen molar-refractivity contribution in [3.63, 3.8) is 0 Å². The van der Waals surface area contributed by atoms with E-state index >= 15 is 0 Å². The maximum atomic E-state index is 12.8. The molecule has 0 saturated heterocycles.